The van der Waals surface area contributed by atoms with Gasteiger partial charge in [-0.1, -0.05) is 52.9 Å². The maximum absolute atomic E-state index is 11.6. The van der Waals surface area contributed by atoms with Gasteiger partial charge in [-0.15, -0.1) is 0 Å². The topological polar surface area (TPSA) is 69.6 Å². The maximum atomic E-state index is 11.6. The predicted octanol–water partition coefficient (Wildman–Crippen LogP) is 3.85. The zero-order valence-electron chi connectivity index (χ0n) is 16.0. The first-order chi connectivity index (χ1) is 10.5. The minimum absolute atomic E-state index is 0.0327. The molecule has 0 fully saturated rings. The van der Waals surface area contributed by atoms with E-state index >= 15 is 0 Å². The monoisotopic (exact) mass is 351 g/mol. The minimum Gasteiger partial charge on any atom is -0.756 e. The largest absolute Gasteiger partial charge is 0.756 e. The summed E-state index contributed by atoms with van der Waals surface area (Å²) in [5, 5.41) is 0. The van der Waals surface area contributed by atoms with Gasteiger partial charge in [0.1, 0.15) is 11.6 Å². The maximum Gasteiger partial charge on any atom is 0.266 e. The fourth-order valence-electron chi connectivity index (χ4n) is 3.60. The van der Waals surface area contributed by atoms with Gasteiger partial charge in [0.25, 0.3) is 7.82 Å². The molecule has 0 saturated carbocycles. The van der Waals surface area contributed by atoms with Crippen molar-refractivity contribution in [3.63, 3.8) is 0 Å². The van der Waals surface area contributed by atoms with Gasteiger partial charge in [-0.25, -0.2) is 0 Å². The van der Waals surface area contributed by atoms with Gasteiger partial charge in [0.2, 0.25) is 0 Å². The van der Waals surface area contributed by atoms with Crippen LogP contribution in [0.5, 0.6) is 0 Å². The Morgan fingerprint density at radius 3 is 2.00 bits per heavy atom. The van der Waals surface area contributed by atoms with Crippen LogP contribution in [0.1, 0.15) is 78.6 Å². The Morgan fingerprint density at radius 2 is 1.61 bits per heavy atom. The summed E-state index contributed by atoms with van der Waals surface area (Å²) in [6.07, 6.45) is 8.46. The van der Waals surface area contributed by atoms with Crippen molar-refractivity contribution >= 4 is 7.82 Å². The summed E-state index contributed by atoms with van der Waals surface area (Å²) in [7, 11) is 1.47. The third kappa shape index (κ3) is 8.64. The van der Waals surface area contributed by atoms with Gasteiger partial charge in [0.15, 0.2) is 0 Å². The van der Waals surface area contributed by atoms with Crippen molar-refractivity contribution in [3.8, 4) is 0 Å². The van der Waals surface area contributed by atoms with Gasteiger partial charge in [-0.2, -0.15) is 0 Å². The van der Waals surface area contributed by atoms with E-state index in [-0.39, 0.29) is 6.04 Å². The van der Waals surface area contributed by atoms with Crippen LogP contribution in [0, 0.1) is 0 Å². The summed E-state index contributed by atoms with van der Waals surface area (Å²) in [6, 6.07) is 0.0327. The molecule has 1 N–H and O–H groups in total. The molecule has 0 amide bonds. The van der Waals surface area contributed by atoms with Gasteiger partial charge >= 0.3 is 0 Å². The molecule has 0 aliphatic rings. The lowest BCUT2D eigenvalue weighted by Crippen LogP contribution is -2.59. The molecule has 3 unspecified atom stereocenters. The van der Waals surface area contributed by atoms with Crippen molar-refractivity contribution in [2.24, 2.45) is 0 Å². The third-order valence-electron chi connectivity index (χ3n) is 4.72. The van der Waals surface area contributed by atoms with Crippen molar-refractivity contribution in [1.29, 1.82) is 0 Å². The number of rotatable bonds is 13. The number of phosphoric acid groups is 1. The molecule has 0 saturated heterocycles. The van der Waals surface area contributed by atoms with Gasteiger partial charge in [0.05, 0.1) is 21.1 Å². The normalized spacial score (nSPS) is 19.1. The molecule has 0 rings (SSSR count). The van der Waals surface area contributed by atoms with Crippen molar-refractivity contribution in [2.45, 2.75) is 90.2 Å². The van der Waals surface area contributed by atoms with E-state index in [0.717, 1.165) is 44.9 Å². The summed E-state index contributed by atoms with van der Waals surface area (Å²) >= 11 is 0. The fraction of sp³-hybridized carbons (Fsp3) is 1.00. The zero-order chi connectivity index (χ0) is 18.1. The Balaban J connectivity index is 5.53. The molecule has 0 bridgehead atoms. The van der Waals surface area contributed by atoms with Crippen molar-refractivity contribution < 1.29 is 23.4 Å². The molecule has 0 aromatic carbocycles. The van der Waals surface area contributed by atoms with Crippen LogP contribution in [0.25, 0.3) is 0 Å². The lowest BCUT2D eigenvalue weighted by Gasteiger charge is -2.48. The van der Waals surface area contributed by atoms with Gasteiger partial charge in [-0.3, -0.25) is 4.57 Å². The van der Waals surface area contributed by atoms with Crippen LogP contribution in [-0.2, 0) is 9.09 Å². The van der Waals surface area contributed by atoms with E-state index < -0.39 is 13.4 Å². The van der Waals surface area contributed by atoms with E-state index in [1.807, 2.05) is 6.92 Å². The van der Waals surface area contributed by atoms with Crippen molar-refractivity contribution in [2.75, 3.05) is 21.1 Å². The lowest BCUT2D eigenvalue weighted by molar-refractivity contribution is -0.904. The molecule has 0 aromatic heterocycles. The SMILES string of the molecule is CCCCCC(C(CC)(CCCCC)OP(=O)([O-])O)[N+](C)(C)C. The predicted molar refractivity (Wildman–Crippen MR) is 94.0 cm³/mol. The van der Waals surface area contributed by atoms with Crippen LogP contribution < -0.4 is 4.89 Å². The van der Waals surface area contributed by atoms with Gasteiger partial charge in [-0.05, 0) is 19.3 Å². The lowest BCUT2D eigenvalue weighted by atomic mass is 9.81. The van der Waals surface area contributed by atoms with E-state index in [4.69, 9.17) is 4.52 Å². The summed E-state index contributed by atoms with van der Waals surface area (Å²) in [5.41, 5.74) is -0.826. The molecular weight excluding hydrogens is 313 g/mol. The highest BCUT2D eigenvalue weighted by atomic mass is 31.2. The Bertz CT molecular complexity index is 364. The van der Waals surface area contributed by atoms with E-state index in [1.165, 1.54) is 0 Å². The zero-order valence-corrected chi connectivity index (χ0v) is 16.9. The summed E-state index contributed by atoms with van der Waals surface area (Å²) in [4.78, 5) is 21.0. The molecule has 0 aromatic rings. The van der Waals surface area contributed by atoms with Gasteiger partial charge < -0.3 is 18.8 Å². The summed E-state index contributed by atoms with van der Waals surface area (Å²) < 4.78 is 17.6. The molecule has 0 radical (unpaired) electrons. The molecule has 140 valence electrons. The number of hydrogen-bond acceptors (Lipinski definition) is 3. The van der Waals surface area contributed by atoms with Crippen LogP contribution >= 0.6 is 7.82 Å². The molecule has 0 aliphatic heterocycles. The molecule has 0 aliphatic carbocycles. The number of quaternary nitrogens is 1. The molecular formula is C17H38NO4P. The first kappa shape index (κ1) is 23.1. The number of unbranched alkanes of at least 4 members (excludes halogenated alkanes) is 4. The highest BCUT2D eigenvalue weighted by Crippen LogP contribution is 2.46. The minimum atomic E-state index is -4.77. The Hall–Kier alpha value is 0.0700. The average molecular weight is 351 g/mol. The van der Waals surface area contributed by atoms with Crippen molar-refractivity contribution in [3.05, 3.63) is 0 Å². The van der Waals surface area contributed by atoms with Gasteiger partial charge in [0, 0.05) is 6.42 Å². The summed E-state index contributed by atoms with van der Waals surface area (Å²) in [5.74, 6) is 0. The van der Waals surface area contributed by atoms with Crippen LogP contribution in [0.3, 0.4) is 0 Å². The highest BCUT2D eigenvalue weighted by molar-refractivity contribution is 7.44. The van der Waals surface area contributed by atoms with E-state index in [2.05, 4.69) is 35.0 Å². The smallest absolute Gasteiger partial charge is 0.266 e. The Kier molecular flexibility index (Phi) is 10.2. The van der Waals surface area contributed by atoms with Crippen LogP contribution in [0.4, 0.5) is 0 Å². The molecule has 0 heterocycles. The third-order valence-corrected chi connectivity index (χ3v) is 5.32. The highest BCUT2D eigenvalue weighted by Gasteiger charge is 2.47. The fourth-order valence-corrected chi connectivity index (χ4v) is 4.40. The molecule has 23 heavy (non-hydrogen) atoms. The van der Waals surface area contributed by atoms with E-state index in [9.17, 15) is 14.4 Å². The van der Waals surface area contributed by atoms with E-state index in [1.54, 1.807) is 0 Å². The first-order valence-electron chi connectivity index (χ1n) is 9.08. The van der Waals surface area contributed by atoms with Crippen LogP contribution in [0.2, 0.25) is 0 Å². The summed E-state index contributed by atoms with van der Waals surface area (Å²) in [6.45, 7) is 6.24. The standard InChI is InChI=1S/C17H38NO4P/c1-7-10-12-14-16(18(4,5)6)17(9-3,15-13-11-8-2)22-23(19,20)21/h16H,7-15H2,1-6H3,(H-,19,20,21). The number of nitrogens with zero attached hydrogens (tertiary/aromatic N) is 1. The first-order valence-corrected chi connectivity index (χ1v) is 10.6. The quantitative estimate of drug-likeness (QED) is 0.311. The average Bonchev–Trinajstić information content (AvgIpc) is 2.40. The second-order valence-electron chi connectivity index (χ2n) is 7.56. The molecule has 0 spiro atoms. The van der Waals surface area contributed by atoms with Crippen molar-refractivity contribution in [1.82, 2.24) is 0 Å². The second-order valence-corrected chi connectivity index (χ2v) is 8.68. The van der Waals surface area contributed by atoms with Crippen LogP contribution in [-0.4, -0.2) is 42.2 Å². The number of hydrogen-bond donors (Lipinski definition) is 1. The Labute approximate surface area is 143 Å². The van der Waals surface area contributed by atoms with Crippen LogP contribution in [0.15, 0.2) is 0 Å². The second kappa shape index (κ2) is 10.1. The molecule has 3 atom stereocenters. The molecule has 5 nitrogen and oxygen atoms in total. The molecule has 6 heteroatoms. The Morgan fingerprint density at radius 1 is 1.09 bits per heavy atom. The van der Waals surface area contributed by atoms with E-state index in [0.29, 0.717) is 17.3 Å². The number of likely N-dealkylation sites (N-methyl/N-ethyl adjacent to an activating group) is 1. The number of phosphoric ester groups is 1.